The zero-order valence-corrected chi connectivity index (χ0v) is 14.8. The number of para-hydroxylation sites is 1. The maximum Gasteiger partial charge on any atom is 0.341 e. The second-order valence-corrected chi connectivity index (χ2v) is 6.02. The van der Waals surface area contributed by atoms with Crippen molar-refractivity contribution in [3.63, 3.8) is 0 Å². The summed E-state index contributed by atoms with van der Waals surface area (Å²) in [7, 11) is 1.56. The maximum absolute atomic E-state index is 12.0. The van der Waals surface area contributed by atoms with E-state index in [1.165, 1.54) is 51.4 Å². The zero-order valence-electron chi connectivity index (χ0n) is 14.8. The molecule has 0 saturated carbocycles. The van der Waals surface area contributed by atoms with Gasteiger partial charge in [-0.1, -0.05) is 76.8 Å². The molecule has 0 amide bonds. The van der Waals surface area contributed by atoms with Crippen LogP contribution in [0.2, 0.25) is 0 Å². The second-order valence-electron chi connectivity index (χ2n) is 6.02. The Labute approximate surface area is 141 Å². The van der Waals surface area contributed by atoms with Crippen molar-refractivity contribution < 1.29 is 14.3 Å². The van der Waals surface area contributed by atoms with Gasteiger partial charge in [0.15, 0.2) is 0 Å². The number of ether oxygens (including phenoxy) is 2. The van der Waals surface area contributed by atoms with E-state index >= 15 is 0 Å². The van der Waals surface area contributed by atoms with Crippen LogP contribution in [0.4, 0.5) is 0 Å². The fraction of sp³-hybridized carbons (Fsp3) is 0.650. The van der Waals surface area contributed by atoms with Gasteiger partial charge in [0.25, 0.3) is 0 Å². The molecule has 0 aliphatic carbocycles. The predicted molar refractivity (Wildman–Crippen MR) is 95.1 cm³/mol. The molecule has 0 spiro atoms. The summed E-state index contributed by atoms with van der Waals surface area (Å²) in [6.45, 7) is 2.74. The van der Waals surface area contributed by atoms with Gasteiger partial charge in [-0.3, -0.25) is 0 Å². The summed E-state index contributed by atoms with van der Waals surface area (Å²) < 4.78 is 10.5. The van der Waals surface area contributed by atoms with Crippen LogP contribution < -0.4 is 4.74 Å². The van der Waals surface area contributed by atoms with E-state index in [0.29, 0.717) is 17.9 Å². The quantitative estimate of drug-likeness (QED) is 0.342. The molecule has 0 fully saturated rings. The molecule has 1 aromatic rings. The molecule has 0 radical (unpaired) electrons. The highest BCUT2D eigenvalue weighted by Gasteiger charge is 2.12. The van der Waals surface area contributed by atoms with Gasteiger partial charge in [0.05, 0.1) is 13.7 Å². The van der Waals surface area contributed by atoms with E-state index in [9.17, 15) is 4.79 Å². The van der Waals surface area contributed by atoms with Gasteiger partial charge < -0.3 is 9.47 Å². The third kappa shape index (κ3) is 8.63. The van der Waals surface area contributed by atoms with Crippen molar-refractivity contribution in [1.29, 1.82) is 0 Å². The molecule has 0 N–H and O–H groups in total. The third-order valence-electron chi connectivity index (χ3n) is 4.06. The summed E-state index contributed by atoms with van der Waals surface area (Å²) in [6, 6.07) is 7.17. The Balaban J connectivity index is 2.01. The number of rotatable bonds is 13. The highest BCUT2D eigenvalue weighted by Crippen LogP contribution is 2.18. The van der Waals surface area contributed by atoms with E-state index in [1.54, 1.807) is 19.2 Å². The highest BCUT2D eigenvalue weighted by atomic mass is 16.5. The van der Waals surface area contributed by atoms with Crippen LogP contribution in [0.3, 0.4) is 0 Å². The van der Waals surface area contributed by atoms with Crippen molar-refractivity contribution in [2.45, 2.75) is 71.1 Å². The molecule has 0 aliphatic rings. The summed E-state index contributed by atoms with van der Waals surface area (Å²) in [5, 5.41) is 0. The van der Waals surface area contributed by atoms with Crippen molar-refractivity contribution in [2.24, 2.45) is 0 Å². The van der Waals surface area contributed by atoms with Crippen LogP contribution in [0.5, 0.6) is 5.75 Å². The summed E-state index contributed by atoms with van der Waals surface area (Å²) in [5.74, 6) is 0.277. The van der Waals surface area contributed by atoms with Crippen LogP contribution in [-0.2, 0) is 4.74 Å². The number of carbonyl (C=O) groups is 1. The molecule has 1 aromatic carbocycles. The van der Waals surface area contributed by atoms with Gasteiger partial charge in [0, 0.05) is 0 Å². The first-order valence-electron chi connectivity index (χ1n) is 9.09. The summed E-state index contributed by atoms with van der Waals surface area (Å²) in [5.41, 5.74) is 0.502. The second kappa shape index (κ2) is 13.0. The monoisotopic (exact) mass is 320 g/mol. The zero-order chi connectivity index (χ0) is 16.8. The smallest absolute Gasteiger partial charge is 0.341 e. The molecule has 23 heavy (non-hydrogen) atoms. The summed E-state index contributed by atoms with van der Waals surface area (Å²) in [6.07, 6.45) is 12.8. The Kier molecular flexibility index (Phi) is 11.0. The molecule has 0 unspecified atom stereocenters. The first kappa shape index (κ1) is 19.5. The first-order chi connectivity index (χ1) is 11.3. The Morgan fingerprint density at radius 2 is 1.43 bits per heavy atom. The lowest BCUT2D eigenvalue weighted by molar-refractivity contribution is 0.0494. The van der Waals surface area contributed by atoms with Crippen LogP contribution in [0.15, 0.2) is 24.3 Å². The van der Waals surface area contributed by atoms with E-state index < -0.39 is 0 Å². The largest absolute Gasteiger partial charge is 0.496 e. The van der Waals surface area contributed by atoms with E-state index in [1.807, 2.05) is 12.1 Å². The number of unbranched alkanes of at least 4 members (excludes halogenated alkanes) is 9. The standard InChI is InChI=1S/C20H32O3/c1-3-4-5-6-7-8-9-10-11-14-17-23-20(21)18-15-12-13-16-19(18)22-2/h12-13,15-16H,3-11,14,17H2,1-2H3. The van der Waals surface area contributed by atoms with E-state index in [4.69, 9.17) is 9.47 Å². The molecule has 0 heterocycles. The van der Waals surface area contributed by atoms with Gasteiger partial charge in [-0.05, 0) is 18.6 Å². The lowest BCUT2D eigenvalue weighted by atomic mass is 10.1. The maximum atomic E-state index is 12.0. The minimum absolute atomic E-state index is 0.293. The molecule has 1 rings (SSSR count). The van der Waals surface area contributed by atoms with Gasteiger partial charge in [-0.15, -0.1) is 0 Å². The minimum atomic E-state index is -0.293. The SMILES string of the molecule is CCCCCCCCCCCCOC(=O)c1ccccc1OC. The average Bonchev–Trinajstić information content (AvgIpc) is 2.59. The Morgan fingerprint density at radius 1 is 0.870 bits per heavy atom. The van der Waals surface area contributed by atoms with Crippen molar-refractivity contribution in [3.05, 3.63) is 29.8 Å². The molecule has 130 valence electrons. The lowest BCUT2D eigenvalue weighted by Crippen LogP contribution is -2.08. The van der Waals surface area contributed by atoms with Gasteiger partial charge >= 0.3 is 5.97 Å². The summed E-state index contributed by atoms with van der Waals surface area (Å²) in [4.78, 5) is 12.0. The number of hydrogen-bond acceptors (Lipinski definition) is 3. The summed E-state index contributed by atoms with van der Waals surface area (Å²) >= 11 is 0. The average molecular weight is 320 g/mol. The van der Waals surface area contributed by atoms with Crippen molar-refractivity contribution in [2.75, 3.05) is 13.7 Å². The topological polar surface area (TPSA) is 35.5 Å². The fourth-order valence-corrected chi connectivity index (χ4v) is 2.65. The van der Waals surface area contributed by atoms with Gasteiger partial charge in [-0.25, -0.2) is 4.79 Å². The lowest BCUT2D eigenvalue weighted by Gasteiger charge is -2.08. The normalized spacial score (nSPS) is 10.5. The van der Waals surface area contributed by atoms with Crippen molar-refractivity contribution in [1.82, 2.24) is 0 Å². The van der Waals surface area contributed by atoms with Crippen LogP contribution in [0.1, 0.15) is 81.5 Å². The molecule has 0 aliphatic heterocycles. The predicted octanol–water partition coefficient (Wildman–Crippen LogP) is 5.77. The molecular formula is C20H32O3. The highest BCUT2D eigenvalue weighted by molar-refractivity contribution is 5.92. The Bertz CT molecular complexity index is 429. The number of methoxy groups -OCH3 is 1. The number of benzene rings is 1. The number of hydrogen-bond donors (Lipinski definition) is 0. The van der Waals surface area contributed by atoms with Gasteiger partial charge in [0.2, 0.25) is 0 Å². The van der Waals surface area contributed by atoms with Gasteiger partial charge in [-0.2, -0.15) is 0 Å². The van der Waals surface area contributed by atoms with Crippen LogP contribution in [0, 0.1) is 0 Å². The van der Waals surface area contributed by atoms with E-state index in [2.05, 4.69) is 6.92 Å². The molecule has 0 aromatic heterocycles. The van der Waals surface area contributed by atoms with Gasteiger partial charge in [0.1, 0.15) is 11.3 Å². The molecule has 3 nitrogen and oxygen atoms in total. The van der Waals surface area contributed by atoms with Crippen molar-refractivity contribution in [3.8, 4) is 5.75 Å². The molecule has 0 saturated heterocycles. The number of carbonyl (C=O) groups excluding carboxylic acids is 1. The Morgan fingerprint density at radius 3 is 2.04 bits per heavy atom. The first-order valence-corrected chi connectivity index (χ1v) is 9.09. The molecule has 0 atom stereocenters. The van der Waals surface area contributed by atoms with Crippen LogP contribution in [-0.4, -0.2) is 19.7 Å². The van der Waals surface area contributed by atoms with Crippen LogP contribution in [0.25, 0.3) is 0 Å². The third-order valence-corrected chi connectivity index (χ3v) is 4.06. The van der Waals surface area contributed by atoms with E-state index in [-0.39, 0.29) is 5.97 Å². The van der Waals surface area contributed by atoms with Crippen LogP contribution >= 0.6 is 0 Å². The van der Waals surface area contributed by atoms with Crippen molar-refractivity contribution >= 4 is 5.97 Å². The fourth-order valence-electron chi connectivity index (χ4n) is 2.65. The Hall–Kier alpha value is -1.51. The molecule has 3 heteroatoms. The molecule has 0 bridgehead atoms. The minimum Gasteiger partial charge on any atom is -0.496 e. The molecular weight excluding hydrogens is 288 g/mol. The number of esters is 1. The van der Waals surface area contributed by atoms with E-state index in [0.717, 1.165) is 12.8 Å².